The monoisotopic (exact) mass is 496 g/mol. The zero-order valence-corrected chi connectivity index (χ0v) is 21.1. The van der Waals surface area contributed by atoms with Crippen LogP contribution in [0.5, 0.6) is 5.75 Å². The van der Waals surface area contributed by atoms with Crippen molar-refractivity contribution >= 4 is 51.4 Å². The highest BCUT2D eigenvalue weighted by molar-refractivity contribution is 7.17. The fraction of sp³-hybridized carbons (Fsp3) is 0.500. The second-order valence-corrected chi connectivity index (χ2v) is 10.9. The van der Waals surface area contributed by atoms with E-state index in [-0.39, 0.29) is 17.7 Å². The van der Waals surface area contributed by atoms with Crippen LogP contribution in [-0.4, -0.2) is 18.4 Å². The average Bonchev–Trinajstić information content (AvgIpc) is 3.09. The van der Waals surface area contributed by atoms with Crippen molar-refractivity contribution in [3.8, 4) is 5.75 Å². The van der Waals surface area contributed by atoms with Crippen molar-refractivity contribution < 1.29 is 14.3 Å². The molecule has 1 aliphatic carbocycles. The maximum Gasteiger partial charge on any atom is 0.251 e. The molecule has 0 fully saturated rings. The molecular weight excluding hydrogens is 467 g/mol. The highest BCUT2D eigenvalue weighted by Crippen LogP contribution is 2.45. The van der Waals surface area contributed by atoms with Crippen LogP contribution in [0, 0.1) is 11.3 Å². The fourth-order valence-corrected chi connectivity index (χ4v) is 5.90. The number of benzene rings is 1. The third-order valence-corrected chi connectivity index (χ3v) is 8.18. The third kappa shape index (κ3) is 5.77. The van der Waals surface area contributed by atoms with Gasteiger partial charge in [-0.1, -0.05) is 50.4 Å². The van der Waals surface area contributed by atoms with Crippen LogP contribution in [0.15, 0.2) is 18.2 Å². The Bertz CT molecular complexity index is 1000. The first-order valence-corrected chi connectivity index (χ1v) is 12.5. The van der Waals surface area contributed by atoms with Gasteiger partial charge >= 0.3 is 0 Å². The van der Waals surface area contributed by atoms with Crippen molar-refractivity contribution in [2.75, 3.05) is 11.9 Å². The number of nitrogens with two attached hydrogens (primary N) is 1. The lowest BCUT2D eigenvalue weighted by Crippen LogP contribution is -2.29. The largest absolute Gasteiger partial charge is 0.492 e. The minimum atomic E-state index is -0.480. The zero-order valence-electron chi connectivity index (χ0n) is 18.7. The van der Waals surface area contributed by atoms with E-state index in [0.717, 1.165) is 31.2 Å². The molecule has 174 valence electrons. The van der Waals surface area contributed by atoms with Crippen molar-refractivity contribution in [3.63, 3.8) is 0 Å². The maximum atomic E-state index is 12.5. The maximum absolute atomic E-state index is 12.5. The van der Waals surface area contributed by atoms with Crippen molar-refractivity contribution in [3.05, 3.63) is 44.2 Å². The first-order valence-electron chi connectivity index (χ1n) is 10.9. The van der Waals surface area contributed by atoms with Gasteiger partial charge in [0.2, 0.25) is 5.91 Å². The number of hydrogen-bond acceptors (Lipinski definition) is 4. The number of amides is 2. The van der Waals surface area contributed by atoms with E-state index in [9.17, 15) is 9.59 Å². The lowest BCUT2D eigenvalue weighted by atomic mass is 9.69. The number of anilines is 1. The fourth-order valence-electron chi connectivity index (χ4n) is 4.09. The summed E-state index contributed by atoms with van der Waals surface area (Å²) in [7, 11) is 0. The van der Waals surface area contributed by atoms with Crippen molar-refractivity contribution in [1.82, 2.24) is 0 Å². The summed E-state index contributed by atoms with van der Waals surface area (Å²) in [6.07, 6.45) is 4.65. The molecule has 3 N–H and O–H groups in total. The Morgan fingerprint density at radius 1 is 1.31 bits per heavy atom. The number of hydrogen-bond donors (Lipinski definition) is 2. The number of ether oxygens (including phenoxy) is 1. The normalized spacial score (nSPS) is 15.8. The van der Waals surface area contributed by atoms with Crippen LogP contribution < -0.4 is 15.8 Å². The highest BCUT2D eigenvalue weighted by atomic mass is 35.5. The Morgan fingerprint density at radius 2 is 2.06 bits per heavy atom. The number of carbonyl (C=O) groups excluding carboxylic acids is 2. The molecule has 2 amide bonds. The van der Waals surface area contributed by atoms with Crippen molar-refractivity contribution in [1.29, 1.82) is 0 Å². The molecule has 0 aliphatic heterocycles. The van der Waals surface area contributed by atoms with Gasteiger partial charge < -0.3 is 15.8 Å². The number of fused-ring (bicyclic) bond motifs is 1. The van der Waals surface area contributed by atoms with Gasteiger partial charge in [0.15, 0.2) is 0 Å². The van der Waals surface area contributed by atoms with E-state index in [1.54, 1.807) is 18.2 Å². The summed E-state index contributed by atoms with van der Waals surface area (Å²) in [5.41, 5.74) is 7.43. The third-order valence-electron chi connectivity index (χ3n) is 6.48. The molecule has 1 heterocycles. The summed E-state index contributed by atoms with van der Waals surface area (Å²) >= 11 is 13.5. The first-order chi connectivity index (χ1) is 15.1. The van der Waals surface area contributed by atoms with Crippen LogP contribution in [0.2, 0.25) is 10.0 Å². The molecule has 0 bridgehead atoms. The van der Waals surface area contributed by atoms with Crippen molar-refractivity contribution in [2.24, 2.45) is 17.1 Å². The van der Waals surface area contributed by atoms with E-state index >= 15 is 0 Å². The Kier molecular flexibility index (Phi) is 8.12. The Labute approximate surface area is 203 Å². The second kappa shape index (κ2) is 10.4. The molecule has 1 aromatic heterocycles. The highest BCUT2D eigenvalue weighted by Gasteiger charge is 2.34. The predicted octanol–water partition coefficient (Wildman–Crippen LogP) is 6.49. The van der Waals surface area contributed by atoms with Crippen LogP contribution in [-0.2, 0) is 17.6 Å². The van der Waals surface area contributed by atoms with E-state index in [4.69, 9.17) is 33.7 Å². The molecule has 8 heteroatoms. The first kappa shape index (κ1) is 24.9. The van der Waals surface area contributed by atoms with E-state index < -0.39 is 5.91 Å². The number of primary amides is 1. The average molecular weight is 497 g/mol. The molecule has 1 unspecified atom stereocenters. The summed E-state index contributed by atoms with van der Waals surface area (Å²) in [4.78, 5) is 25.9. The quantitative estimate of drug-likeness (QED) is 0.389. The summed E-state index contributed by atoms with van der Waals surface area (Å²) < 4.78 is 5.63. The molecular formula is C24H30Cl2N2O3S. The van der Waals surface area contributed by atoms with E-state index in [0.29, 0.717) is 45.3 Å². The number of halogens is 2. The van der Waals surface area contributed by atoms with Gasteiger partial charge in [-0.3, -0.25) is 9.59 Å². The van der Waals surface area contributed by atoms with Gasteiger partial charge in [0.05, 0.1) is 17.2 Å². The van der Waals surface area contributed by atoms with E-state index in [2.05, 4.69) is 26.1 Å². The number of rotatable bonds is 9. The van der Waals surface area contributed by atoms with E-state index in [1.165, 1.54) is 16.2 Å². The molecule has 1 aliphatic rings. The standard InChI is InChI=1S/C24H30Cl2N2O3S/c1-4-24(2,3)14-7-9-16-19(12-14)32-23(21(16)22(27)30)28-20(29)6-5-11-31-18-10-8-15(25)13-17(18)26/h8,10,13-14H,4-7,9,11-12H2,1-3H3,(H2,27,30)(H,28,29). The van der Waals surface area contributed by atoms with Gasteiger partial charge in [0.25, 0.3) is 5.91 Å². The zero-order chi connectivity index (χ0) is 23.5. The molecule has 1 atom stereocenters. The molecule has 0 saturated heterocycles. The summed E-state index contributed by atoms with van der Waals surface area (Å²) in [6, 6.07) is 5.01. The second-order valence-electron chi connectivity index (χ2n) is 8.93. The van der Waals surface area contributed by atoms with Crippen LogP contribution >= 0.6 is 34.5 Å². The molecule has 32 heavy (non-hydrogen) atoms. The van der Waals surface area contributed by atoms with Crippen molar-refractivity contribution in [2.45, 2.75) is 59.3 Å². The lowest BCUT2D eigenvalue weighted by Gasteiger charge is -2.36. The summed E-state index contributed by atoms with van der Waals surface area (Å²) in [5.74, 6) is 0.441. The topological polar surface area (TPSA) is 81.4 Å². The van der Waals surface area contributed by atoms with Crippen LogP contribution in [0.3, 0.4) is 0 Å². The minimum absolute atomic E-state index is 0.165. The number of thiophene rings is 1. The van der Waals surface area contributed by atoms with Gasteiger partial charge in [0, 0.05) is 16.3 Å². The molecule has 5 nitrogen and oxygen atoms in total. The van der Waals surface area contributed by atoms with Gasteiger partial charge in [-0.25, -0.2) is 0 Å². The Balaban J connectivity index is 1.60. The summed E-state index contributed by atoms with van der Waals surface area (Å²) in [6.45, 7) is 7.15. The summed E-state index contributed by atoms with van der Waals surface area (Å²) in [5, 5.41) is 4.46. The Hall–Kier alpha value is -1.76. The molecule has 0 saturated carbocycles. The number of carbonyl (C=O) groups is 2. The SMILES string of the molecule is CCC(C)(C)C1CCc2c(sc(NC(=O)CCCOc3ccc(Cl)cc3Cl)c2C(N)=O)C1. The molecule has 1 aromatic carbocycles. The van der Waals surface area contributed by atoms with Gasteiger partial charge in [-0.05, 0) is 60.8 Å². The Morgan fingerprint density at radius 3 is 2.72 bits per heavy atom. The minimum Gasteiger partial charge on any atom is -0.492 e. The molecule has 0 radical (unpaired) electrons. The lowest BCUT2D eigenvalue weighted by molar-refractivity contribution is -0.116. The van der Waals surface area contributed by atoms with E-state index in [1.807, 2.05) is 0 Å². The molecule has 0 spiro atoms. The predicted molar refractivity (Wildman–Crippen MR) is 132 cm³/mol. The van der Waals surface area contributed by atoms with Crippen LogP contribution in [0.4, 0.5) is 5.00 Å². The van der Waals surface area contributed by atoms with Crippen LogP contribution in [0.1, 0.15) is 67.3 Å². The molecule has 3 rings (SSSR count). The molecule has 2 aromatic rings. The van der Waals surface area contributed by atoms with Gasteiger partial charge in [-0.15, -0.1) is 11.3 Å². The van der Waals surface area contributed by atoms with Gasteiger partial charge in [-0.2, -0.15) is 0 Å². The smallest absolute Gasteiger partial charge is 0.251 e. The number of nitrogens with one attached hydrogen (secondary N) is 1. The van der Waals surface area contributed by atoms with Crippen LogP contribution in [0.25, 0.3) is 0 Å². The van der Waals surface area contributed by atoms with Gasteiger partial charge in [0.1, 0.15) is 10.8 Å².